The van der Waals surface area contributed by atoms with Gasteiger partial charge in [-0.15, -0.1) is 0 Å². The topological polar surface area (TPSA) is 45.8 Å². The Bertz CT molecular complexity index is 999. The van der Waals surface area contributed by atoms with Gasteiger partial charge in [0.1, 0.15) is 0 Å². The lowest BCUT2D eigenvalue weighted by atomic mass is 10.2. The van der Waals surface area contributed by atoms with Gasteiger partial charge in [-0.25, -0.2) is 13.8 Å². The number of nitrogens with one attached hydrogen (secondary N) is 1. The molecule has 0 saturated carbocycles. The van der Waals surface area contributed by atoms with Gasteiger partial charge in [0, 0.05) is 10.6 Å². The van der Waals surface area contributed by atoms with Crippen molar-refractivity contribution in [3.63, 3.8) is 0 Å². The summed E-state index contributed by atoms with van der Waals surface area (Å²) in [4.78, 5) is 18.7. The summed E-state index contributed by atoms with van der Waals surface area (Å²) in [5.74, 6) is -1.96. The Kier molecular flexibility index (Phi) is 4.15. The van der Waals surface area contributed by atoms with E-state index in [1.165, 1.54) is 24.3 Å². The van der Waals surface area contributed by atoms with E-state index in [1.54, 1.807) is 12.1 Å². The van der Waals surface area contributed by atoms with Crippen LogP contribution in [0.15, 0.2) is 41.2 Å². The minimum absolute atomic E-state index is 0.0246. The van der Waals surface area contributed by atoms with Crippen LogP contribution in [0.3, 0.4) is 0 Å². The van der Waals surface area contributed by atoms with Crippen LogP contribution in [0.4, 0.5) is 8.78 Å². The highest BCUT2D eigenvalue weighted by molar-refractivity contribution is 6.50. The van der Waals surface area contributed by atoms with Crippen LogP contribution in [0, 0.1) is 11.6 Å². The first kappa shape index (κ1) is 15.6. The average Bonchev–Trinajstić information content (AvgIpc) is 2.52. The molecule has 3 rings (SSSR count). The molecule has 1 aromatic heterocycles. The lowest BCUT2D eigenvalue weighted by Gasteiger charge is -2.03. The maximum absolute atomic E-state index is 13.7. The van der Waals surface area contributed by atoms with Gasteiger partial charge >= 0.3 is 0 Å². The second-order valence-corrected chi connectivity index (χ2v) is 5.55. The van der Waals surface area contributed by atoms with Gasteiger partial charge in [-0.2, -0.15) is 0 Å². The number of aromatic amines is 1. The van der Waals surface area contributed by atoms with Crippen molar-refractivity contribution in [1.82, 2.24) is 9.97 Å². The van der Waals surface area contributed by atoms with Crippen molar-refractivity contribution in [3.05, 3.63) is 74.8 Å². The minimum Gasteiger partial charge on any atom is -0.305 e. The van der Waals surface area contributed by atoms with E-state index in [9.17, 15) is 13.6 Å². The maximum atomic E-state index is 13.7. The van der Waals surface area contributed by atoms with E-state index in [-0.39, 0.29) is 16.4 Å². The first-order chi connectivity index (χ1) is 11.0. The Morgan fingerprint density at radius 2 is 2.00 bits per heavy atom. The van der Waals surface area contributed by atoms with Crippen LogP contribution in [-0.2, 0) is 0 Å². The molecule has 0 fully saturated rings. The first-order valence-electron chi connectivity index (χ1n) is 6.47. The zero-order valence-corrected chi connectivity index (χ0v) is 12.9. The molecule has 2 aromatic carbocycles. The molecule has 1 N–H and O–H groups in total. The van der Waals surface area contributed by atoms with Crippen molar-refractivity contribution < 1.29 is 8.78 Å². The summed E-state index contributed by atoms with van der Waals surface area (Å²) in [6.07, 6.45) is 1.19. The molecule has 0 bridgehead atoms. The number of nitrogens with zero attached hydrogens (tertiary/aromatic N) is 1. The van der Waals surface area contributed by atoms with Gasteiger partial charge in [-0.1, -0.05) is 35.3 Å². The maximum Gasteiger partial charge on any atom is 0.259 e. The molecule has 1 heterocycles. The van der Waals surface area contributed by atoms with Gasteiger partial charge in [-0.3, -0.25) is 4.79 Å². The summed E-state index contributed by atoms with van der Waals surface area (Å²) in [5, 5.41) is 0.687. The molecule has 3 nitrogen and oxygen atoms in total. The number of rotatable bonds is 2. The fraction of sp³-hybridized carbons (Fsp3) is 0. The molecule has 0 aliphatic heterocycles. The van der Waals surface area contributed by atoms with Gasteiger partial charge in [-0.05, 0) is 30.3 Å². The van der Waals surface area contributed by atoms with Crippen LogP contribution in [0.5, 0.6) is 0 Å². The Morgan fingerprint density at radius 1 is 1.22 bits per heavy atom. The van der Waals surface area contributed by atoms with Crippen LogP contribution >= 0.6 is 23.2 Å². The third kappa shape index (κ3) is 3.11. The summed E-state index contributed by atoms with van der Waals surface area (Å²) < 4.78 is 26.9. The number of aromatic nitrogens is 2. The van der Waals surface area contributed by atoms with Crippen molar-refractivity contribution in [2.45, 2.75) is 0 Å². The third-order valence-electron chi connectivity index (χ3n) is 3.16. The number of H-pyrrole nitrogens is 1. The number of hydrogen-bond acceptors (Lipinski definition) is 2. The van der Waals surface area contributed by atoms with Gasteiger partial charge in [0.2, 0.25) is 0 Å². The van der Waals surface area contributed by atoms with Crippen LogP contribution in [-0.4, -0.2) is 9.97 Å². The Morgan fingerprint density at radius 3 is 2.78 bits per heavy atom. The molecule has 0 radical (unpaired) electrons. The minimum atomic E-state index is -1.03. The van der Waals surface area contributed by atoms with Crippen molar-refractivity contribution in [1.29, 1.82) is 0 Å². The fourth-order valence-electron chi connectivity index (χ4n) is 2.06. The summed E-state index contributed by atoms with van der Waals surface area (Å²) >= 11 is 11.9. The smallest absolute Gasteiger partial charge is 0.259 e. The van der Waals surface area contributed by atoms with Gasteiger partial charge in [0.05, 0.1) is 15.9 Å². The third-order valence-corrected chi connectivity index (χ3v) is 3.68. The molecule has 0 unspecified atom stereocenters. The normalized spacial score (nSPS) is 11.9. The molecule has 0 aliphatic rings. The van der Waals surface area contributed by atoms with E-state index in [4.69, 9.17) is 23.2 Å². The predicted molar refractivity (Wildman–Crippen MR) is 87.5 cm³/mol. The highest BCUT2D eigenvalue weighted by Gasteiger charge is 2.10. The van der Waals surface area contributed by atoms with Crippen molar-refractivity contribution >= 4 is 45.2 Å². The van der Waals surface area contributed by atoms with Gasteiger partial charge < -0.3 is 4.98 Å². The van der Waals surface area contributed by atoms with E-state index >= 15 is 0 Å². The molecule has 3 aromatic rings. The van der Waals surface area contributed by atoms with Gasteiger partial charge in [0.25, 0.3) is 5.56 Å². The van der Waals surface area contributed by atoms with Crippen LogP contribution in [0.25, 0.3) is 22.0 Å². The second-order valence-electron chi connectivity index (χ2n) is 4.71. The molecule has 0 spiro atoms. The number of hydrogen-bond donors (Lipinski definition) is 1. The lowest BCUT2D eigenvalue weighted by molar-refractivity contribution is 0.507. The SMILES string of the molecule is O=c1[nH]c(C(Cl)=Cc2cccc(F)c2F)nc2ccc(Cl)cc12. The van der Waals surface area contributed by atoms with Gasteiger partial charge in [0.15, 0.2) is 17.5 Å². The molecule has 0 amide bonds. The van der Waals surface area contributed by atoms with E-state index in [1.807, 2.05) is 0 Å². The lowest BCUT2D eigenvalue weighted by Crippen LogP contribution is -2.10. The van der Waals surface area contributed by atoms with Crippen molar-refractivity contribution in [3.8, 4) is 0 Å². The standard InChI is InChI=1S/C16H8Cl2F2N2O/c17-9-4-5-13-10(7-9)16(23)22-15(21-13)11(18)6-8-2-1-3-12(19)14(8)20/h1-7H,(H,21,22,23). The fourth-order valence-corrected chi connectivity index (χ4v) is 2.44. The van der Waals surface area contributed by atoms with E-state index in [0.717, 1.165) is 6.07 Å². The highest BCUT2D eigenvalue weighted by atomic mass is 35.5. The van der Waals surface area contributed by atoms with Crippen molar-refractivity contribution in [2.75, 3.05) is 0 Å². The molecule has 116 valence electrons. The zero-order valence-electron chi connectivity index (χ0n) is 11.4. The quantitative estimate of drug-likeness (QED) is 0.732. The summed E-state index contributed by atoms with van der Waals surface area (Å²) in [7, 11) is 0. The van der Waals surface area contributed by atoms with E-state index in [2.05, 4.69) is 9.97 Å². The molecule has 0 atom stereocenters. The second kappa shape index (κ2) is 6.10. The van der Waals surface area contributed by atoms with E-state index in [0.29, 0.717) is 15.9 Å². The molecular weight excluding hydrogens is 345 g/mol. The molecule has 7 heteroatoms. The summed E-state index contributed by atoms with van der Waals surface area (Å²) in [5.41, 5.74) is -0.0907. The average molecular weight is 353 g/mol. The monoisotopic (exact) mass is 352 g/mol. The van der Waals surface area contributed by atoms with E-state index < -0.39 is 17.2 Å². The number of benzene rings is 2. The van der Waals surface area contributed by atoms with Crippen molar-refractivity contribution in [2.24, 2.45) is 0 Å². The van der Waals surface area contributed by atoms with Crippen LogP contribution < -0.4 is 5.56 Å². The first-order valence-corrected chi connectivity index (χ1v) is 7.22. The highest BCUT2D eigenvalue weighted by Crippen LogP contribution is 2.23. The number of fused-ring (bicyclic) bond motifs is 1. The molecule has 0 saturated heterocycles. The number of halogens is 4. The summed E-state index contributed by atoms with van der Waals surface area (Å²) in [6.45, 7) is 0. The van der Waals surface area contributed by atoms with Crippen LogP contribution in [0.1, 0.15) is 11.4 Å². The predicted octanol–water partition coefficient (Wildman–Crippen LogP) is 4.59. The Hall–Kier alpha value is -2.24. The van der Waals surface area contributed by atoms with Crippen LogP contribution in [0.2, 0.25) is 5.02 Å². The Labute approximate surface area is 139 Å². The molecule has 23 heavy (non-hydrogen) atoms. The Balaban J connectivity index is 2.12. The molecule has 0 aliphatic carbocycles. The molecular formula is C16H8Cl2F2N2O. The largest absolute Gasteiger partial charge is 0.305 e. The summed E-state index contributed by atoms with van der Waals surface area (Å²) in [6, 6.07) is 8.36. The zero-order chi connectivity index (χ0) is 16.6.